The van der Waals surface area contributed by atoms with Gasteiger partial charge in [0, 0.05) is 18.0 Å². The minimum absolute atomic E-state index is 0.0433. The van der Waals surface area contributed by atoms with Crippen LogP contribution in [-0.2, 0) is 21.4 Å². The molecule has 1 heterocycles. The van der Waals surface area contributed by atoms with Gasteiger partial charge >= 0.3 is 5.97 Å². The molecule has 1 aromatic carbocycles. The molecule has 0 aliphatic carbocycles. The molecule has 1 unspecified atom stereocenters. The van der Waals surface area contributed by atoms with Crippen molar-refractivity contribution in [3.63, 3.8) is 0 Å². The van der Waals surface area contributed by atoms with E-state index in [-0.39, 0.29) is 18.6 Å². The molecule has 0 saturated heterocycles. The van der Waals surface area contributed by atoms with Crippen molar-refractivity contribution >= 4 is 5.97 Å². The predicted molar refractivity (Wildman–Crippen MR) is 78.2 cm³/mol. The highest BCUT2D eigenvalue weighted by Gasteiger charge is 2.40. The van der Waals surface area contributed by atoms with Gasteiger partial charge in [-0.2, -0.15) is 0 Å². The van der Waals surface area contributed by atoms with Gasteiger partial charge in [-0.05, 0) is 38.0 Å². The smallest absolute Gasteiger partial charge is 0.316 e. The van der Waals surface area contributed by atoms with Crippen LogP contribution in [0.25, 0.3) is 0 Å². The zero-order valence-corrected chi connectivity index (χ0v) is 12.8. The first-order chi connectivity index (χ1) is 10.9. The van der Waals surface area contributed by atoms with Crippen molar-refractivity contribution in [2.24, 2.45) is 0 Å². The van der Waals surface area contributed by atoms with Crippen LogP contribution in [0.15, 0.2) is 36.7 Å². The molecule has 23 heavy (non-hydrogen) atoms. The number of rotatable bonds is 5. The van der Waals surface area contributed by atoms with E-state index in [4.69, 9.17) is 4.74 Å². The molecule has 0 bridgehead atoms. The average Bonchev–Trinajstić information content (AvgIpc) is 2.53. The molecular formula is C17H16F3NO2. The van der Waals surface area contributed by atoms with Crippen LogP contribution in [-0.4, -0.2) is 17.6 Å². The lowest BCUT2D eigenvalue weighted by Crippen LogP contribution is -2.38. The lowest BCUT2D eigenvalue weighted by Gasteiger charge is -2.28. The van der Waals surface area contributed by atoms with E-state index in [0.717, 1.165) is 12.1 Å². The fraction of sp³-hybridized carbons (Fsp3) is 0.294. The topological polar surface area (TPSA) is 39.2 Å². The van der Waals surface area contributed by atoms with Crippen molar-refractivity contribution in [1.29, 1.82) is 0 Å². The summed E-state index contributed by atoms with van der Waals surface area (Å²) in [5.74, 6) is -5.01. The molecule has 2 rings (SSSR count). The quantitative estimate of drug-likeness (QED) is 0.624. The summed E-state index contributed by atoms with van der Waals surface area (Å²) in [4.78, 5) is 16.3. The van der Waals surface area contributed by atoms with E-state index in [1.165, 1.54) is 13.1 Å². The molecule has 0 aliphatic heterocycles. The first-order valence-electron chi connectivity index (χ1n) is 7.10. The molecule has 122 valence electrons. The standard InChI is InChI=1S/C17H16F3NO2/c1-3-23-16(22)17(2,9-11-5-4-8-21-10-11)12-6-7-13(18)15(20)14(12)19/h4-8,10H,3,9H2,1-2H3. The maximum Gasteiger partial charge on any atom is 0.316 e. The Labute approximate surface area is 132 Å². The van der Waals surface area contributed by atoms with Gasteiger partial charge in [-0.15, -0.1) is 0 Å². The second-order valence-electron chi connectivity index (χ2n) is 5.31. The molecule has 0 saturated carbocycles. The van der Waals surface area contributed by atoms with E-state index < -0.39 is 28.8 Å². The second-order valence-corrected chi connectivity index (χ2v) is 5.31. The molecule has 0 N–H and O–H groups in total. The van der Waals surface area contributed by atoms with E-state index in [1.807, 2.05) is 0 Å². The number of aromatic nitrogens is 1. The van der Waals surface area contributed by atoms with E-state index in [0.29, 0.717) is 5.56 Å². The van der Waals surface area contributed by atoms with Gasteiger partial charge in [0.2, 0.25) is 0 Å². The van der Waals surface area contributed by atoms with Gasteiger partial charge in [-0.1, -0.05) is 12.1 Å². The summed E-state index contributed by atoms with van der Waals surface area (Å²) in [7, 11) is 0. The Morgan fingerprint density at radius 3 is 2.57 bits per heavy atom. The van der Waals surface area contributed by atoms with Crippen LogP contribution in [0.3, 0.4) is 0 Å². The van der Waals surface area contributed by atoms with Crippen LogP contribution in [0.5, 0.6) is 0 Å². The highest BCUT2D eigenvalue weighted by Crippen LogP contribution is 2.33. The van der Waals surface area contributed by atoms with Gasteiger partial charge in [0.1, 0.15) is 0 Å². The van der Waals surface area contributed by atoms with Crippen molar-refractivity contribution in [2.75, 3.05) is 6.61 Å². The van der Waals surface area contributed by atoms with Crippen molar-refractivity contribution in [3.05, 3.63) is 65.2 Å². The Bertz CT molecular complexity index is 706. The Kier molecular flexibility index (Phi) is 5.03. The van der Waals surface area contributed by atoms with Gasteiger partial charge in [0.15, 0.2) is 17.5 Å². The normalized spacial score (nSPS) is 13.4. The molecule has 0 radical (unpaired) electrons. The number of halogens is 3. The van der Waals surface area contributed by atoms with Crippen molar-refractivity contribution in [1.82, 2.24) is 4.98 Å². The van der Waals surface area contributed by atoms with Crippen LogP contribution in [0.4, 0.5) is 13.2 Å². The zero-order chi connectivity index (χ0) is 17.0. The molecule has 0 amide bonds. The van der Waals surface area contributed by atoms with Gasteiger partial charge in [-0.25, -0.2) is 13.2 Å². The maximum absolute atomic E-state index is 14.2. The largest absolute Gasteiger partial charge is 0.465 e. The number of ether oxygens (including phenoxy) is 1. The molecule has 0 spiro atoms. The zero-order valence-electron chi connectivity index (χ0n) is 12.8. The van der Waals surface area contributed by atoms with E-state index in [2.05, 4.69) is 4.98 Å². The summed E-state index contributed by atoms with van der Waals surface area (Å²) in [6.45, 7) is 3.14. The second kappa shape index (κ2) is 6.81. The van der Waals surface area contributed by atoms with Crippen LogP contribution in [0.1, 0.15) is 25.0 Å². The summed E-state index contributed by atoms with van der Waals surface area (Å²) in [5.41, 5.74) is -1.11. The number of nitrogens with zero attached hydrogens (tertiary/aromatic N) is 1. The number of esters is 1. The van der Waals surface area contributed by atoms with Gasteiger partial charge < -0.3 is 4.74 Å². The average molecular weight is 323 g/mol. The lowest BCUT2D eigenvalue weighted by molar-refractivity contribution is -0.149. The van der Waals surface area contributed by atoms with Crippen LogP contribution in [0.2, 0.25) is 0 Å². The number of benzene rings is 1. The van der Waals surface area contributed by atoms with Gasteiger partial charge in [0.25, 0.3) is 0 Å². The summed E-state index contributed by atoms with van der Waals surface area (Å²) in [5, 5.41) is 0. The number of pyridine rings is 1. The lowest BCUT2D eigenvalue weighted by atomic mass is 9.77. The highest BCUT2D eigenvalue weighted by molar-refractivity contribution is 5.83. The fourth-order valence-corrected chi connectivity index (χ4v) is 2.43. The predicted octanol–water partition coefficient (Wildman–Crippen LogP) is 3.56. The molecule has 6 heteroatoms. The highest BCUT2D eigenvalue weighted by atomic mass is 19.2. The Morgan fingerprint density at radius 2 is 1.96 bits per heavy atom. The third kappa shape index (κ3) is 3.36. The van der Waals surface area contributed by atoms with Crippen molar-refractivity contribution in [3.8, 4) is 0 Å². The number of carbonyl (C=O) groups excluding carboxylic acids is 1. The third-order valence-electron chi connectivity index (χ3n) is 3.64. The molecule has 0 fully saturated rings. The van der Waals surface area contributed by atoms with Crippen molar-refractivity contribution in [2.45, 2.75) is 25.7 Å². The monoisotopic (exact) mass is 323 g/mol. The van der Waals surface area contributed by atoms with Crippen LogP contribution < -0.4 is 0 Å². The van der Waals surface area contributed by atoms with E-state index >= 15 is 0 Å². The molecule has 0 aliphatic rings. The molecule has 1 atom stereocenters. The SMILES string of the molecule is CCOC(=O)C(C)(Cc1cccnc1)c1ccc(F)c(F)c1F. The van der Waals surface area contributed by atoms with Crippen LogP contribution in [0, 0.1) is 17.5 Å². The summed E-state index contributed by atoms with van der Waals surface area (Å²) < 4.78 is 46.0. The van der Waals surface area contributed by atoms with Crippen molar-refractivity contribution < 1.29 is 22.7 Å². The number of carbonyl (C=O) groups is 1. The first-order valence-corrected chi connectivity index (χ1v) is 7.10. The molecule has 3 nitrogen and oxygen atoms in total. The first kappa shape index (κ1) is 17.0. The van der Waals surface area contributed by atoms with Gasteiger partial charge in [0.05, 0.1) is 12.0 Å². The number of hydrogen-bond acceptors (Lipinski definition) is 3. The maximum atomic E-state index is 14.2. The fourth-order valence-electron chi connectivity index (χ4n) is 2.43. The van der Waals surface area contributed by atoms with E-state index in [1.54, 1.807) is 25.3 Å². The molecule has 1 aromatic heterocycles. The molecule has 2 aromatic rings. The Hall–Kier alpha value is -2.37. The Balaban J connectivity index is 2.54. The minimum atomic E-state index is -1.61. The Morgan fingerprint density at radius 1 is 1.22 bits per heavy atom. The van der Waals surface area contributed by atoms with Crippen LogP contribution >= 0.6 is 0 Å². The number of hydrogen-bond donors (Lipinski definition) is 0. The summed E-state index contributed by atoms with van der Waals surface area (Å²) in [6, 6.07) is 5.25. The van der Waals surface area contributed by atoms with E-state index in [9.17, 15) is 18.0 Å². The third-order valence-corrected chi connectivity index (χ3v) is 3.64. The van der Waals surface area contributed by atoms with Gasteiger partial charge in [-0.3, -0.25) is 9.78 Å². The minimum Gasteiger partial charge on any atom is -0.465 e. The summed E-state index contributed by atoms with van der Waals surface area (Å²) >= 11 is 0. The molecular weight excluding hydrogens is 307 g/mol. The summed E-state index contributed by atoms with van der Waals surface area (Å²) in [6.07, 6.45) is 3.13.